The highest BCUT2D eigenvalue weighted by atomic mass is 32.1. The van der Waals surface area contributed by atoms with Crippen LogP contribution in [0.2, 0.25) is 0 Å². The zero-order valence-corrected chi connectivity index (χ0v) is 21.2. The van der Waals surface area contributed by atoms with Gasteiger partial charge in [-0.1, -0.05) is 36.4 Å². The quantitative estimate of drug-likeness (QED) is 0.228. The summed E-state index contributed by atoms with van der Waals surface area (Å²) in [5, 5.41) is 4.23. The molecule has 0 aliphatic rings. The van der Waals surface area contributed by atoms with Crippen molar-refractivity contribution in [2.45, 2.75) is 0 Å². The van der Waals surface area contributed by atoms with Crippen LogP contribution < -0.4 is 0 Å². The van der Waals surface area contributed by atoms with Crippen molar-refractivity contribution in [3.8, 4) is 22.3 Å². The predicted molar refractivity (Wildman–Crippen MR) is 158 cm³/mol. The lowest BCUT2D eigenvalue weighted by Gasteiger charge is -2.04. The average Bonchev–Trinajstić information content (AvgIpc) is 3.67. The Morgan fingerprint density at radius 2 is 1.33 bits per heavy atom. The van der Waals surface area contributed by atoms with Gasteiger partial charge in [0.15, 0.2) is 5.58 Å². The van der Waals surface area contributed by atoms with Gasteiger partial charge in [-0.15, -0.1) is 11.3 Å². The number of furan rings is 2. The van der Waals surface area contributed by atoms with Gasteiger partial charge in [0, 0.05) is 51.3 Å². The Balaban J connectivity index is 1.29. The molecule has 0 unspecified atom stereocenters. The molecule has 0 bridgehead atoms. The third-order valence-electron chi connectivity index (χ3n) is 7.49. The molecule has 6 aromatic heterocycles. The molecule has 0 saturated carbocycles. The second-order valence-electron chi connectivity index (χ2n) is 9.62. The highest BCUT2D eigenvalue weighted by Crippen LogP contribution is 2.42. The van der Waals surface area contributed by atoms with Crippen molar-refractivity contribution < 1.29 is 8.83 Å². The van der Waals surface area contributed by atoms with Crippen LogP contribution in [0, 0.1) is 0 Å². The Labute approximate surface area is 225 Å². The van der Waals surface area contributed by atoms with E-state index in [1.54, 1.807) is 11.3 Å². The van der Waals surface area contributed by atoms with Gasteiger partial charge in [-0.3, -0.25) is 9.97 Å². The molecule has 0 aliphatic heterocycles. The van der Waals surface area contributed by atoms with E-state index in [0.29, 0.717) is 0 Å². The summed E-state index contributed by atoms with van der Waals surface area (Å²) in [5.74, 6) is 0. The maximum atomic E-state index is 6.51. The van der Waals surface area contributed by atoms with Gasteiger partial charge in [-0.25, -0.2) is 4.98 Å². The van der Waals surface area contributed by atoms with Crippen LogP contribution in [0.15, 0.2) is 112 Å². The fourth-order valence-corrected chi connectivity index (χ4v) is 6.78. The Bertz CT molecular complexity index is 2410. The monoisotopic (exact) mass is 519 g/mol. The molecular formula is C33H17N3O2S. The predicted octanol–water partition coefficient (Wildman–Crippen LogP) is 9.37. The second-order valence-corrected chi connectivity index (χ2v) is 10.7. The van der Waals surface area contributed by atoms with Crippen molar-refractivity contribution in [1.29, 1.82) is 0 Å². The maximum absolute atomic E-state index is 6.51. The number of aromatic nitrogens is 3. The number of pyridine rings is 3. The van der Waals surface area contributed by atoms with Crippen LogP contribution in [0.25, 0.3) is 86.7 Å². The number of hydrogen-bond acceptors (Lipinski definition) is 6. The molecule has 9 rings (SSSR count). The fraction of sp³-hybridized carbons (Fsp3) is 0. The van der Waals surface area contributed by atoms with Gasteiger partial charge in [-0.2, -0.15) is 0 Å². The fourth-order valence-electron chi connectivity index (χ4n) is 5.75. The number of rotatable bonds is 2. The first-order chi connectivity index (χ1) is 19.3. The van der Waals surface area contributed by atoms with Crippen LogP contribution in [0.3, 0.4) is 0 Å². The van der Waals surface area contributed by atoms with E-state index in [1.807, 2.05) is 55.0 Å². The molecule has 0 atom stereocenters. The summed E-state index contributed by atoms with van der Waals surface area (Å²) in [5.41, 5.74) is 9.30. The van der Waals surface area contributed by atoms with Gasteiger partial charge in [-0.05, 0) is 59.7 Å². The minimum atomic E-state index is 0.767. The molecule has 0 amide bonds. The molecule has 39 heavy (non-hydrogen) atoms. The molecule has 3 aromatic carbocycles. The van der Waals surface area contributed by atoms with E-state index in [2.05, 4.69) is 63.5 Å². The van der Waals surface area contributed by atoms with E-state index in [1.165, 1.54) is 0 Å². The number of nitrogens with zero attached hydrogens (tertiary/aromatic N) is 3. The van der Waals surface area contributed by atoms with Gasteiger partial charge >= 0.3 is 0 Å². The number of hydrogen-bond donors (Lipinski definition) is 0. The van der Waals surface area contributed by atoms with Crippen molar-refractivity contribution in [3.05, 3.63) is 104 Å². The van der Waals surface area contributed by atoms with Crippen LogP contribution in [-0.4, -0.2) is 15.0 Å². The van der Waals surface area contributed by atoms with Crippen LogP contribution >= 0.6 is 11.3 Å². The molecule has 6 heterocycles. The third-order valence-corrected chi connectivity index (χ3v) is 8.54. The smallest absolute Gasteiger partial charge is 0.161 e. The summed E-state index contributed by atoms with van der Waals surface area (Å²) in [6, 6.07) is 28.8. The summed E-state index contributed by atoms with van der Waals surface area (Å²) in [4.78, 5) is 14.9. The molecule has 182 valence electrons. The van der Waals surface area contributed by atoms with Crippen molar-refractivity contribution in [3.63, 3.8) is 0 Å². The van der Waals surface area contributed by atoms with E-state index in [-0.39, 0.29) is 0 Å². The summed E-state index contributed by atoms with van der Waals surface area (Å²) in [6.07, 6.45) is 5.57. The number of fused-ring (bicyclic) bond motifs is 9. The molecule has 0 saturated heterocycles. The topological polar surface area (TPSA) is 65.0 Å². The summed E-state index contributed by atoms with van der Waals surface area (Å²) < 4.78 is 13.9. The highest BCUT2D eigenvalue weighted by molar-refractivity contribution is 7.25. The third kappa shape index (κ3) is 2.92. The van der Waals surface area contributed by atoms with E-state index in [0.717, 1.165) is 86.7 Å². The molecular weight excluding hydrogens is 502 g/mol. The molecule has 6 heteroatoms. The summed E-state index contributed by atoms with van der Waals surface area (Å²) in [6.45, 7) is 0. The average molecular weight is 520 g/mol. The lowest BCUT2D eigenvalue weighted by molar-refractivity contribution is 0.664. The van der Waals surface area contributed by atoms with E-state index in [4.69, 9.17) is 8.83 Å². The van der Waals surface area contributed by atoms with Gasteiger partial charge in [0.2, 0.25) is 0 Å². The minimum absolute atomic E-state index is 0.767. The number of thiophene rings is 1. The first-order valence-corrected chi connectivity index (χ1v) is 13.5. The molecule has 9 aromatic rings. The van der Waals surface area contributed by atoms with Crippen LogP contribution in [0.1, 0.15) is 0 Å². The summed E-state index contributed by atoms with van der Waals surface area (Å²) >= 11 is 1.67. The SMILES string of the molecule is c1ccc2c(c1)oc1c(-c3cccc4c3oc3ccc(-c5ccnc6sc7cccnc7c56)cc34)ccnc12. The Morgan fingerprint density at radius 1 is 0.538 bits per heavy atom. The van der Waals surface area contributed by atoms with E-state index in [9.17, 15) is 0 Å². The Morgan fingerprint density at radius 3 is 2.33 bits per heavy atom. The zero-order chi connectivity index (χ0) is 25.5. The van der Waals surface area contributed by atoms with Gasteiger partial charge < -0.3 is 8.83 Å². The first kappa shape index (κ1) is 20.9. The largest absolute Gasteiger partial charge is 0.455 e. The Hall–Kier alpha value is -5.07. The maximum Gasteiger partial charge on any atom is 0.161 e. The van der Waals surface area contributed by atoms with Crippen molar-refractivity contribution in [2.24, 2.45) is 0 Å². The molecule has 0 aliphatic carbocycles. The van der Waals surface area contributed by atoms with Crippen molar-refractivity contribution in [1.82, 2.24) is 15.0 Å². The van der Waals surface area contributed by atoms with Crippen LogP contribution in [0.5, 0.6) is 0 Å². The second kappa shape index (κ2) is 7.72. The zero-order valence-electron chi connectivity index (χ0n) is 20.4. The van der Waals surface area contributed by atoms with E-state index < -0.39 is 0 Å². The number of benzene rings is 3. The first-order valence-electron chi connectivity index (χ1n) is 12.7. The van der Waals surface area contributed by atoms with E-state index >= 15 is 0 Å². The van der Waals surface area contributed by atoms with Crippen molar-refractivity contribution in [2.75, 3.05) is 0 Å². The van der Waals surface area contributed by atoms with Crippen LogP contribution in [0.4, 0.5) is 0 Å². The minimum Gasteiger partial charge on any atom is -0.455 e. The lowest BCUT2D eigenvalue weighted by Crippen LogP contribution is -1.83. The Kier molecular flexibility index (Phi) is 4.14. The highest BCUT2D eigenvalue weighted by Gasteiger charge is 2.19. The van der Waals surface area contributed by atoms with Gasteiger partial charge in [0.1, 0.15) is 27.1 Å². The number of para-hydroxylation sites is 2. The standard InChI is InChI=1S/C33H17N3O2S/c1-2-8-25-23(5-1)29-32(38-25)22(13-15-35-29)20-6-3-7-21-24-17-18(10-11-26(24)37-31(20)21)19-12-16-36-33-28(19)30-27(39-33)9-4-14-34-30/h1-17H. The molecule has 0 radical (unpaired) electrons. The van der Waals surface area contributed by atoms with Gasteiger partial charge in [0.05, 0.1) is 10.2 Å². The van der Waals surface area contributed by atoms with Gasteiger partial charge in [0.25, 0.3) is 0 Å². The molecule has 0 fully saturated rings. The summed E-state index contributed by atoms with van der Waals surface area (Å²) in [7, 11) is 0. The normalized spacial score (nSPS) is 12.1. The van der Waals surface area contributed by atoms with Crippen molar-refractivity contribution >= 4 is 75.8 Å². The lowest BCUT2D eigenvalue weighted by atomic mass is 9.99. The van der Waals surface area contributed by atoms with Crippen LogP contribution in [-0.2, 0) is 0 Å². The molecule has 5 nitrogen and oxygen atoms in total. The molecule has 0 spiro atoms. The molecule has 0 N–H and O–H groups in total.